The minimum Gasteiger partial charge on any atom is -0.375 e. The summed E-state index contributed by atoms with van der Waals surface area (Å²) in [6.07, 6.45) is 3.34. The summed E-state index contributed by atoms with van der Waals surface area (Å²) in [6, 6.07) is 5.48. The number of likely N-dealkylation sites (tertiary alicyclic amines) is 1. The van der Waals surface area contributed by atoms with E-state index in [1.807, 2.05) is 23.1 Å². The van der Waals surface area contributed by atoms with Gasteiger partial charge in [-0.15, -0.1) is 6.58 Å². The Morgan fingerprint density at radius 3 is 3.08 bits per heavy atom. The summed E-state index contributed by atoms with van der Waals surface area (Å²) in [5.41, 5.74) is 2.38. The Morgan fingerprint density at radius 1 is 1.35 bits per heavy atom. The van der Waals surface area contributed by atoms with Gasteiger partial charge in [0.2, 0.25) is 5.91 Å². The van der Waals surface area contributed by atoms with Crippen LogP contribution in [-0.2, 0) is 16.0 Å². The Morgan fingerprint density at radius 2 is 2.23 bits per heavy atom. The Balaban J connectivity index is 1.44. The molecule has 0 bridgehead atoms. The molecular weight excluding hydrogens is 330 g/mol. The van der Waals surface area contributed by atoms with Crippen molar-refractivity contribution in [2.24, 2.45) is 5.92 Å². The molecule has 3 aliphatic rings. The molecule has 2 atom stereocenters. The van der Waals surface area contributed by atoms with Gasteiger partial charge in [-0.3, -0.25) is 14.5 Å². The molecule has 0 saturated carbocycles. The quantitative estimate of drug-likeness (QED) is 0.836. The van der Waals surface area contributed by atoms with Crippen LogP contribution in [0, 0.1) is 5.92 Å². The number of ether oxygens (including phenoxy) is 1. The van der Waals surface area contributed by atoms with Crippen LogP contribution in [0.2, 0.25) is 0 Å². The van der Waals surface area contributed by atoms with Crippen molar-refractivity contribution in [3.05, 3.63) is 42.0 Å². The molecule has 1 aromatic rings. The van der Waals surface area contributed by atoms with E-state index in [0.717, 1.165) is 43.9 Å². The first kappa shape index (κ1) is 17.2. The van der Waals surface area contributed by atoms with Gasteiger partial charge in [0.1, 0.15) is 0 Å². The van der Waals surface area contributed by atoms with Gasteiger partial charge in [-0.2, -0.15) is 0 Å². The fourth-order valence-electron chi connectivity index (χ4n) is 4.20. The highest BCUT2D eigenvalue weighted by atomic mass is 16.5. The number of carbonyl (C=O) groups excluding carboxylic acids is 2. The van der Waals surface area contributed by atoms with Crippen molar-refractivity contribution < 1.29 is 14.3 Å². The van der Waals surface area contributed by atoms with Gasteiger partial charge < -0.3 is 15.0 Å². The van der Waals surface area contributed by atoms with Gasteiger partial charge in [-0.1, -0.05) is 6.08 Å². The number of benzene rings is 1. The van der Waals surface area contributed by atoms with E-state index in [1.54, 1.807) is 6.07 Å². The van der Waals surface area contributed by atoms with Gasteiger partial charge in [0.25, 0.3) is 5.91 Å². The molecule has 2 amide bonds. The maximum atomic E-state index is 12.9. The van der Waals surface area contributed by atoms with Gasteiger partial charge in [0.15, 0.2) is 0 Å². The number of nitrogens with zero attached hydrogens (tertiary/aromatic N) is 2. The summed E-state index contributed by atoms with van der Waals surface area (Å²) in [7, 11) is 0. The number of nitrogens with one attached hydrogen (secondary N) is 1. The molecule has 3 heterocycles. The van der Waals surface area contributed by atoms with E-state index >= 15 is 0 Å². The molecule has 1 aromatic carbocycles. The van der Waals surface area contributed by atoms with E-state index in [0.29, 0.717) is 31.1 Å². The molecule has 138 valence electrons. The molecule has 3 aliphatic heterocycles. The third-order valence-corrected chi connectivity index (χ3v) is 5.58. The number of carbonyl (C=O) groups is 2. The van der Waals surface area contributed by atoms with E-state index in [1.165, 1.54) is 0 Å². The molecule has 4 rings (SSSR count). The number of hydrogen-bond donors (Lipinski definition) is 1. The molecule has 1 N–H and O–H groups in total. The fraction of sp³-hybridized carbons (Fsp3) is 0.500. The molecule has 2 unspecified atom stereocenters. The molecule has 2 saturated heterocycles. The fourth-order valence-corrected chi connectivity index (χ4v) is 4.20. The first-order valence-corrected chi connectivity index (χ1v) is 9.31. The zero-order valence-corrected chi connectivity index (χ0v) is 14.9. The first-order chi connectivity index (χ1) is 12.6. The number of anilines is 1. The van der Waals surface area contributed by atoms with Crippen LogP contribution in [0.1, 0.15) is 22.3 Å². The molecule has 0 spiro atoms. The van der Waals surface area contributed by atoms with E-state index in [9.17, 15) is 9.59 Å². The molecule has 2 fully saturated rings. The van der Waals surface area contributed by atoms with Crippen molar-refractivity contribution in [3.63, 3.8) is 0 Å². The van der Waals surface area contributed by atoms with E-state index < -0.39 is 0 Å². The molecule has 6 nitrogen and oxygen atoms in total. The number of piperidine rings is 1. The number of fused-ring (bicyclic) bond motifs is 2. The minimum atomic E-state index is -0.0126. The van der Waals surface area contributed by atoms with Crippen LogP contribution in [0.15, 0.2) is 30.9 Å². The lowest BCUT2D eigenvalue weighted by atomic mass is 9.92. The maximum absolute atomic E-state index is 12.9. The molecule has 0 aromatic heterocycles. The Labute approximate surface area is 153 Å². The molecule has 6 heteroatoms. The summed E-state index contributed by atoms with van der Waals surface area (Å²) >= 11 is 0. The molecule has 0 radical (unpaired) electrons. The van der Waals surface area contributed by atoms with Crippen molar-refractivity contribution in [2.45, 2.75) is 18.9 Å². The summed E-state index contributed by atoms with van der Waals surface area (Å²) in [5.74, 6) is 0.478. The Bertz CT molecular complexity index is 733. The second-order valence-corrected chi connectivity index (χ2v) is 7.35. The highest BCUT2D eigenvalue weighted by Gasteiger charge is 2.35. The summed E-state index contributed by atoms with van der Waals surface area (Å²) in [6.45, 7) is 8.72. The van der Waals surface area contributed by atoms with Crippen molar-refractivity contribution in [3.8, 4) is 0 Å². The van der Waals surface area contributed by atoms with Crippen molar-refractivity contribution in [1.29, 1.82) is 0 Å². The second-order valence-electron chi connectivity index (χ2n) is 7.35. The van der Waals surface area contributed by atoms with Crippen molar-refractivity contribution >= 4 is 17.5 Å². The largest absolute Gasteiger partial charge is 0.375 e. The monoisotopic (exact) mass is 355 g/mol. The van der Waals surface area contributed by atoms with Crippen LogP contribution >= 0.6 is 0 Å². The lowest BCUT2D eigenvalue weighted by Gasteiger charge is -2.38. The van der Waals surface area contributed by atoms with Gasteiger partial charge in [0.05, 0.1) is 19.1 Å². The van der Waals surface area contributed by atoms with Crippen LogP contribution in [-0.4, -0.2) is 67.0 Å². The van der Waals surface area contributed by atoms with Gasteiger partial charge in [-0.25, -0.2) is 0 Å². The van der Waals surface area contributed by atoms with Crippen LogP contribution < -0.4 is 5.32 Å². The highest BCUT2D eigenvalue weighted by molar-refractivity contribution is 6.01. The third-order valence-electron chi connectivity index (χ3n) is 5.58. The normalized spacial score (nSPS) is 25.8. The van der Waals surface area contributed by atoms with Gasteiger partial charge in [0, 0.05) is 49.9 Å². The predicted molar refractivity (Wildman–Crippen MR) is 99.2 cm³/mol. The predicted octanol–water partition coefficient (Wildman–Crippen LogP) is 1.53. The Hall–Kier alpha value is -2.18. The standard InChI is InChI=1S/C20H25N3O3/c1-2-6-22-8-9-26-18-13-23(7-5-15(18)12-22)20(25)14-3-4-17-16(10-14)11-19(24)21-17/h2-4,10,15,18H,1,5-9,11-13H2,(H,21,24). The van der Waals surface area contributed by atoms with Crippen molar-refractivity contribution in [1.82, 2.24) is 9.80 Å². The summed E-state index contributed by atoms with van der Waals surface area (Å²) in [4.78, 5) is 28.7. The second kappa shape index (κ2) is 7.21. The average molecular weight is 355 g/mol. The summed E-state index contributed by atoms with van der Waals surface area (Å²) in [5, 5.41) is 2.81. The number of hydrogen-bond acceptors (Lipinski definition) is 4. The van der Waals surface area contributed by atoms with Gasteiger partial charge >= 0.3 is 0 Å². The van der Waals surface area contributed by atoms with Crippen LogP contribution in [0.3, 0.4) is 0 Å². The number of rotatable bonds is 3. The SMILES string of the molecule is C=CCN1CCOC2CN(C(=O)c3ccc4c(c3)CC(=O)N4)CCC2C1. The average Bonchev–Trinajstić information content (AvgIpc) is 2.89. The van der Waals surface area contributed by atoms with Crippen LogP contribution in [0.4, 0.5) is 5.69 Å². The van der Waals surface area contributed by atoms with E-state index in [-0.39, 0.29) is 17.9 Å². The van der Waals surface area contributed by atoms with Crippen LogP contribution in [0.25, 0.3) is 0 Å². The highest BCUT2D eigenvalue weighted by Crippen LogP contribution is 2.27. The Kier molecular flexibility index (Phi) is 4.78. The zero-order chi connectivity index (χ0) is 18.1. The number of amides is 2. The van der Waals surface area contributed by atoms with E-state index in [2.05, 4.69) is 16.8 Å². The van der Waals surface area contributed by atoms with Gasteiger partial charge in [-0.05, 0) is 30.2 Å². The first-order valence-electron chi connectivity index (χ1n) is 9.31. The minimum absolute atomic E-state index is 0.0126. The lowest BCUT2D eigenvalue weighted by Crippen LogP contribution is -2.49. The zero-order valence-electron chi connectivity index (χ0n) is 14.9. The lowest BCUT2D eigenvalue weighted by molar-refractivity contribution is -0.115. The third kappa shape index (κ3) is 3.39. The molecule has 26 heavy (non-hydrogen) atoms. The van der Waals surface area contributed by atoms with Crippen LogP contribution in [0.5, 0.6) is 0 Å². The topological polar surface area (TPSA) is 61.9 Å². The van der Waals surface area contributed by atoms with E-state index in [4.69, 9.17) is 4.74 Å². The smallest absolute Gasteiger partial charge is 0.253 e. The summed E-state index contributed by atoms with van der Waals surface area (Å²) < 4.78 is 6.06. The van der Waals surface area contributed by atoms with Crippen molar-refractivity contribution in [2.75, 3.05) is 44.6 Å². The molecule has 0 aliphatic carbocycles. The maximum Gasteiger partial charge on any atom is 0.253 e. The molecular formula is C20H25N3O3.